The number of aliphatic hydroxyl groups excluding tert-OH is 1. The van der Waals surface area contributed by atoms with E-state index in [0.717, 1.165) is 0 Å². The predicted molar refractivity (Wildman–Crippen MR) is 108 cm³/mol. The standard InChI is InChI=1S/C22H21N3O5/c1-12(26)19-16-11-15(20(22(29)30)25(16)21(19)28)14-6-4-5-13(9-14)10-18(27)24-17-7-2-3-8-23-17/h2-9,12,16,19,26H,10-11H2,1H3,(H,29,30)(H,23,24,27)/t12-,16-,19-/m1/s1. The van der Waals surface area contributed by atoms with Gasteiger partial charge in [-0.05, 0) is 42.2 Å². The van der Waals surface area contributed by atoms with E-state index < -0.39 is 18.0 Å². The number of β-lactam (4-membered cyclic amide) rings is 1. The second-order valence-electron chi connectivity index (χ2n) is 7.52. The van der Waals surface area contributed by atoms with Gasteiger partial charge in [0.15, 0.2) is 0 Å². The number of carbonyl (C=O) groups is 3. The highest BCUT2D eigenvalue weighted by atomic mass is 16.4. The van der Waals surface area contributed by atoms with Gasteiger partial charge in [0.05, 0.1) is 24.5 Å². The monoisotopic (exact) mass is 407 g/mol. The maximum absolute atomic E-state index is 12.4. The van der Waals surface area contributed by atoms with E-state index in [-0.39, 0.29) is 30.0 Å². The van der Waals surface area contributed by atoms with Crippen molar-refractivity contribution in [3.63, 3.8) is 0 Å². The minimum atomic E-state index is -1.18. The molecule has 0 radical (unpaired) electrons. The zero-order valence-electron chi connectivity index (χ0n) is 16.3. The van der Waals surface area contributed by atoms with Crippen LogP contribution in [0.1, 0.15) is 24.5 Å². The van der Waals surface area contributed by atoms with Gasteiger partial charge in [0.1, 0.15) is 11.5 Å². The third kappa shape index (κ3) is 3.46. The Balaban J connectivity index is 1.57. The van der Waals surface area contributed by atoms with Crippen molar-refractivity contribution in [3.05, 3.63) is 65.5 Å². The quantitative estimate of drug-likeness (QED) is 0.627. The van der Waals surface area contributed by atoms with Crippen LogP contribution in [-0.4, -0.2) is 50.0 Å². The lowest BCUT2D eigenvalue weighted by Crippen LogP contribution is -2.61. The van der Waals surface area contributed by atoms with Crippen LogP contribution >= 0.6 is 0 Å². The number of aromatic nitrogens is 1. The van der Waals surface area contributed by atoms with Crippen LogP contribution in [0.25, 0.3) is 5.57 Å². The van der Waals surface area contributed by atoms with Crippen LogP contribution < -0.4 is 5.32 Å². The predicted octanol–water partition coefficient (Wildman–Crippen LogP) is 1.67. The number of pyridine rings is 1. The highest BCUT2D eigenvalue weighted by Crippen LogP contribution is 2.46. The number of rotatable bonds is 6. The lowest BCUT2D eigenvalue weighted by Gasteiger charge is -2.44. The van der Waals surface area contributed by atoms with Crippen molar-refractivity contribution in [2.24, 2.45) is 5.92 Å². The highest BCUT2D eigenvalue weighted by molar-refractivity contribution is 6.06. The summed E-state index contributed by atoms with van der Waals surface area (Å²) in [6, 6.07) is 12.0. The summed E-state index contributed by atoms with van der Waals surface area (Å²) in [6.07, 6.45) is 1.20. The van der Waals surface area contributed by atoms with E-state index in [1.54, 1.807) is 55.6 Å². The van der Waals surface area contributed by atoms with E-state index in [4.69, 9.17) is 0 Å². The zero-order valence-corrected chi connectivity index (χ0v) is 16.3. The van der Waals surface area contributed by atoms with E-state index in [1.165, 1.54) is 4.90 Å². The Bertz CT molecular complexity index is 1050. The number of benzene rings is 1. The first-order chi connectivity index (χ1) is 14.4. The molecule has 3 atom stereocenters. The Morgan fingerprint density at radius 3 is 2.73 bits per heavy atom. The third-order valence-electron chi connectivity index (χ3n) is 5.50. The zero-order chi connectivity index (χ0) is 21.4. The molecular weight excluding hydrogens is 386 g/mol. The maximum Gasteiger partial charge on any atom is 0.352 e. The summed E-state index contributed by atoms with van der Waals surface area (Å²) >= 11 is 0. The minimum Gasteiger partial charge on any atom is -0.477 e. The van der Waals surface area contributed by atoms with Crippen molar-refractivity contribution in [1.82, 2.24) is 9.88 Å². The Morgan fingerprint density at radius 1 is 1.27 bits per heavy atom. The number of nitrogens with zero attached hydrogens (tertiary/aromatic N) is 2. The first-order valence-corrected chi connectivity index (χ1v) is 9.64. The van der Waals surface area contributed by atoms with Gasteiger partial charge >= 0.3 is 5.97 Å². The Morgan fingerprint density at radius 2 is 2.07 bits per heavy atom. The molecule has 0 aliphatic carbocycles. The fourth-order valence-corrected chi connectivity index (χ4v) is 4.21. The van der Waals surface area contributed by atoms with Gasteiger partial charge in [-0.25, -0.2) is 9.78 Å². The number of nitrogens with one attached hydrogen (secondary N) is 1. The van der Waals surface area contributed by atoms with E-state index >= 15 is 0 Å². The molecule has 2 aromatic rings. The van der Waals surface area contributed by atoms with Crippen molar-refractivity contribution < 1.29 is 24.6 Å². The van der Waals surface area contributed by atoms with Crippen LogP contribution in [-0.2, 0) is 20.8 Å². The van der Waals surface area contributed by atoms with Crippen LogP contribution in [0.15, 0.2) is 54.4 Å². The Labute approximate surface area is 172 Å². The number of anilines is 1. The molecule has 0 bridgehead atoms. The molecule has 1 fully saturated rings. The summed E-state index contributed by atoms with van der Waals surface area (Å²) in [6.45, 7) is 1.54. The van der Waals surface area contributed by atoms with E-state index in [0.29, 0.717) is 28.9 Å². The van der Waals surface area contributed by atoms with Crippen molar-refractivity contribution >= 4 is 29.2 Å². The number of aliphatic hydroxyl groups is 1. The van der Waals surface area contributed by atoms with Gasteiger partial charge in [-0.15, -0.1) is 0 Å². The summed E-state index contributed by atoms with van der Waals surface area (Å²) < 4.78 is 0. The average Bonchev–Trinajstić information content (AvgIpc) is 3.04. The van der Waals surface area contributed by atoms with Gasteiger partial charge in [-0.2, -0.15) is 0 Å². The fourth-order valence-electron chi connectivity index (χ4n) is 4.21. The van der Waals surface area contributed by atoms with Gasteiger partial charge in [-0.3, -0.25) is 9.59 Å². The molecule has 4 rings (SSSR count). The molecule has 3 N–H and O–H groups in total. The number of amides is 2. The van der Waals surface area contributed by atoms with Crippen molar-refractivity contribution in [2.75, 3.05) is 5.32 Å². The number of carboxylic acids is 1. The molecule has 0 spiro atoms. The second-order valence-corrected chi connectivity index (χ2v) is 7.52. The summed E-state index contributed by atoms with van der Waals surface area (Å²) in [5, 5.41) is 22.3. The van der Waals surface area contributed by atoms with E-state index in [1.807, 2.05) is 0 Å². The van der Waals surface area contributed by atoms with Crippen LogP contribution in [0.4, 0.5) is 5.82 Å². The molecule has 2 aliphatic heterocycles. The Kier molecular flexibility index (Phi) is 5.09. The molecule has 1 aromatic carbocycles. The molecule has 3 heterocycles. The van der Waals surface area contributed by atoms with Gasteiger partial charge in [0.25, 0.3) is 0 Å². The first-order valence-electron chi connectivity index (χ1n) is 9.64. The Hall–Kier alpha value is -3.52. The SMILES string of the molecule is C[C@@H](O)[C@H]1C(=O)N2C(C(=O)O)=C(c3cccc(CC(=O)Nc4ccccn4)c3)C[C@H]12. The number of carboxylic acid groups (broad SMARTS) is 1. The van der Waals surface area contributed by atoms with Gasteiger partial charge < -0.3 is 20.4 Å². The molecule has 2 amide bonds. The summed E-state index contributed by atoms with van der Waals surface area (Å²) in [5.41, 5.74) is 1.86. The normalized spacial score (nSPS) is 21.1. The molecule has 1 saturated heterocycles. The van der Waals surface area contributed by atoms with Crippen LogP contribution in [0, 0.1) is 5.92 Å². The van der Waals surface area contributed by atoms with E-state index in [2.05, 4.69) is 10.3 Å². The minimum absolute atomic E-state index is 0.0445. The van der Waals surface area contributed by atoms with Gasteiger partial charge in [0, 0.05) is 6.20 Å². The molecule has 30 heavy (non-hydrogen) atoms. The van der Waals surface area contributed by atoms with E-state index in [9.17, 15) is 24.6 Å². The third-order valence-corrected chi connectivity index (χ3v) is 5.50. The molecule has 8 heteroatoms. The van der Waals surface area contributed by atoms with Crippen LogP contribution in [0.2, 0.25) is 0 Å². The number of carbonyl (C=O) groups excluding carboxylic acids is 2. The van der Waals surface area contributed by atoms with Crippen LogP contribution in [0.5, 0.6) is 0 Å². The lowest BCUT2D eigenvalue weighted by molar-refractivity contribution is -0.161. The molecule has 8 nitrogen and oxygen atoms in total. The molecular formula is C22H21N3O5. The summed E-state index contributed by atoms with van der Waals surface area (Å²) in [5.74, 6) is -1.92. The number of aliphatic carboxylic acids is 1. The lowest BCUT2D eigenvalue weighted by atomic mass is 9.82. The maximum atomic E-state index is 12.4. The number of hydrogen-bond acceptors (Lipinski definition) is 5. The van der Waals surface area contributed by atoms with Crippen molar-refractivity contribution in [3.8, 4) is 0 Å². The van der Waals surface area contributed by atoms with Crippen molar-refractivity contribution in [1.29, 1.82) is 0 Å². The second kappa shape index (κ2) is 7.72. The number of fused-ring (bicyclic) bond motifs is 1. The summed E-state index contributed by atoms with van der Waals surface area (Å²) in [4.78, 5) is 41.9. The molecule has 2 aliphatic rings. The molecule has 1 aromatic heterocycles. The molecule has 0 saturated carbocycles. The average molecular weight is 407 g/mol. The fraction of sp³-hybridized carbons (Fsp3) is 0.273. The molecule has 154 valence electrons. The first kappa shape index (κ1) is 19.8. The van der Waals surface area contributed by atoms with Crippen LogP contribution in [0.3, 0.4) is 0 Å². The van der Waals surface area contributed by atoms with Crippen molar-refractivity contribution in [2.45, 2.75) is 31.9 Å². The van der Waals surface area contributed by atoms with Gasteiger partial charge in [-0.1, -0.05) is 30.3 Å². The smallest absolute Gasteiger partial charge is 0.352 e. The topological polar surface area (TPSA) is 120 Å². The van der Waals surface area contributed by atoms with Gasteiger partial charge in [0.2, 0.25) is 11.8 Å². The molecule has 0 unspecified atom stereocenters. The number of hydrogen-bond donors (Lipinski definition) is 3. The summed E-state index contributed by atoms with van der Waals surface area (Å²) in [7, 11) is 0. The highest BCUT2D eigenvalue weighted by Gasteiger charge is 2.56. The largest absolute Gasteiger partial charge is 0.477 e.